The highest BCUT2D eigenvalue weighted by molar-refractivity contribution is 7.20. The number of benzene rings is 1. The smallest absolute Gasteiger partial charge is 0.345 e. The molecule has 0 amide bonds. The molecule has 96 valence electrons. The van der Waals surface area contributed by atoms with Crippen LogP contribution in [0.2, 0.25) is 0 Å². The van der Waals surface area contributed by atoms with Crippen molar-refractivity contribution in [3.05, 3.63) is 47.4 Å². The summed E-state index contributed by atoms with van der Waals surface area (Å²) in [5.74, 6) is -0.867. The number of aromatic nitrogens is 2. The summed E-state index contributed by atoms with van der Waals surface area (Å²) in [6.45, 7) is 0.587. The van der Waals surface area contributed by atoms with Crippen LogP contribution in [0.15, 0.2) is 36.9 Å². The summed E-state index contributed by atoms with van der Waals surface area (Å²) < 4.78 is 2.65. The second-order valence-corrected chi connectivity index (χ2v) is 5.26. The van der Waals surface area contributed by atoms with E-state index >= 15 is 0 Å². The molecule has 1 aromatic carbocycles. The van der Waals surface area contributed by atoms with Crippen LogP contribution in [0.4, 0.5) is 0 Å². The van der Waals surface area contributed by atoms with E-state index in [2.05, 4.69) is 4.98 Å². The summed E-state index contributed by atoms with van der Waals surface area (Å²) in [5, 5.41) is 19.5. The van der Waals surface area contributed by atoms with E-state index in [0.29, 0.717) is 11.9 Å². The van der Waals surface area contributed by atoms with Crippen LogP contribution in [-0.2, 0) is 6.54 Å². The molecule has 0 aliphatic heterocycles. The first-order valence-corrected chi connectivity index (χ1v) is 6.39. The van der Waals surface area contributed by atoms with Crippen LogP contribution >= 0.6 is 11.3 Å². The number of thiophene rings is 1. The predicted octanol–water partition coefficient (Wildman–Crippen LogP) is 2.55. The molecule has 5 nitrogen and oxygen atoms in total. The van der Waals surface area contributed by atoms with Crippen molar-refractivity contribution in [2.75, 3.05) is 0 Å². The molecule has 0 aliphatic rings. The lowest BCUT2D eigenvalue weighted by atomic mass is 10.1. The summed E-state index contributed by atoms with van der Waals surface area (Å²) in [6.07, 6.45) is 5.21. The second-order valence-electron chi connectivity index (χ2n) is 4.18. The molecule has 0 spiro atoms. The van der Waals surface area contributed by atoms with Crippen LogP contribution in [0.25, 0.3) is 10.1 Å². The van der Waals surface area contributed by atoms with Gasteiger partial charge in [0.25, 0.3) is 0 Å². The first-order chi connectivity index (χ1) is 9.13. The molecule has 0 unspecified atom stereocenters. The van der Waals surface area contributed by atoms with E-state index in [-0.39, 0.29) is 10.6 Å². The van der Waals surface area contributed by atoms with Crippen LogP contribution in [-0.4, -0.2) is 25.7 Å². The van der Waals surface area contributed by atoms with Crippen molar-refractivity contribution < 1.29 is 15.0 Å². The van der Waals surface area contributed by atoms with Crippen molar-refractivity contribution in [1.29, 1.82) is 0 Å². The van der Waals surface area contributed by atoms with E-state index < -0.39 is 5.97 Å². The number of carboxylic acids is 1. The quantitative estimate of drug-likeness (QED) is 0.769. The SMILES string of the molecule is O=C(O)c1cc2c(O)cc(Cn3ccnc3)cc2s1. The maximum absolute atomic E-state index is 10.9. The predicted molar refractivity (Wildman–Crippen MR) is 71.8 cm³/mol. The third-order valence-electron chi connectivity index (χ3n) is 2.81. The molecule has 0 radical (unpaired) electrons. The van der Waals surface area contributed by atoms with E-state index in [4.69, 9.17) is 5.11 Å². The number of hydrogen-bond acceptors (Lipinski definition) is 4. The number of carboxylic acid groups (broad SMARTS) is 1. The first kappa shape index (κ1) is 11.7. The van der Waals surface area contributed by atoms with Gasteiger partial charge in [0, 0.05) is 29.0 Å². The molecule has 6 heteroatoms. The number of aromatic carboxylic acids is 1. The number of imidazole rings is 1. The molecule has 3 aromatic rings. The zero-order chi connectivity index (χ0) is 13.4. The molecule has 2 heterocycles. The third-order valence-corrected chi connectivity index (χ3v) is 3.88. The Hall–Kier alpha value is -2.34. The van der Waals surface area contributed by atoms with Gasteiger partial charge in [0.05, 0.1) is 6.33 Å². The average Bonchev–Trinajstić information content (AvgIpc) is 2.97. The number of phenolic OH excluding ortho intramolecular Hbond substituents is 1. The molecule has 0 saturated carbocycles. The maximum Gasteiger partial charge on any atom is 0.345 e. The number of nitrogens with zero attached hydrogens (tertiary/aromatic N) is 2. The summed E-state index contributed by atoms with van der Waals surface area (Å²) in [5.41, 5.74) is 0.904. The minimum atomic E-state index is -0.975. The number of carbonyl (C=O) groups is 1. The van der Waals surface area contributed by atoms with Gasteiger partial charge in [-0.05, 0) is 23.8 Å². The summed E-state index contributed by atoms with van der Waals surface area (Å²) in [7, 11) is 0. The topological polar surface area (TPSA) is 75.3 Å². The van der Waals surface area contributed by atoms with Crippen LogP contribution in [0.5, 0.6) is 5.75 Å². The van der Waals surface area contributed by atoms with Crippen molar-refractivity contribution in [2.24, 2.45) is 0 Å². The zero-order valence-electron chi connectivity index (χ0n) is 9.78. The minimum Gasteiger partial charge on any atom is -0.507 e. The van der Waals surface area contributed by atoms with Crippen molar-refractivity contribution in [3.8, 4) is 5.75 Å². The van der Waals surface area contributed by atoms with Crippen LogP contribution in [0.1, 0.15) is 15.2 Å². The Morgan fingerprint density at radius 2 is 2.21 bits per heavy atom. The van der Waals surface area contributed by atoms with Gasteiger partial charge in [-0.1, -0.05) is 0 Å². The Morgan fingerprint density at radius 1 is 1.37 bits per heavy atom. The van der Waals surface area contributed by atoms with Crippen molar-refractivity contribution >= 4 is 27.4 Å². The van der Waals surface area contributed by atoms with Gasteiger partial charge in [0.1, 0.15) is 10.6 Å². The zero-order valence-corrected chi connectivity index (χ0v) is 10.6. The number of fused-ring (bicyclic) bond motifs is 1. The van der Waals surface area contributed by atoms with Gasteiger partial charge >= 0.3 is 5.97 Å². The largest absolute Gasteiger partial charge is 0.507 e. The van der Waals surface area contributed by atoms with Gasteiger partial charge in [0.2, 0.25) is 0 Å². The van der Waals surface area contributed by atoms with Crippen molar-refractivity contribution in [3.63, 3.8) is 0 Å². The van der Waals surface area contributed by atoms with Crippen LogP contribution < -0.4 is 0 Å². The third kappa shape index (κ3) is 2.17. The van der Waals surface area contributed by atoms with Gasteiger partial charge in [0.15, 0.2) is 0 Å². The molecule has 19 heavy (non-hydrogen) atoms. The van der Waals surface area contributed by atoms with E-state index in [1.807, 2.05) is 16.8 Å². The Labute approximate surface area is 112 Å². The standard InChI is InChI=1S/C13H10N2O3S/c16-10-3-8(6-15-2-1-14-7-15)4-11-9(10)5-12(19-11)13(17)18/h1-5,7,16H,6H2,(H,17,18). The molecule has 0 aliphatic carbocycles. The molecule has 0 fully saturated rings. The van der Waals surface area contributed by atoms with Gasteiger partial charge in [-0.2, -0.15) is 0 Å². The fraction of sp³-hybridized carbons (Fsp3) is 0.0769. The van der Waals surface area contributed by atoms with E-state index in [1.165, 1.54) is 6.07 Å². The highest BCUT2D eigenvalue weighted by Gasteiger charge is 2.12. The first-order valence-electron chi connectivity index (χ1n) is 5.58. The van der Waals surface area contributed by atoms with Gasteiger partial charge in [-0.3, -0.25) is 0 Å². The maximum atomic E-state index is 10.9. The van der Waals surface area contributed by atoms with Crippen molar-refractivity contribution in [2.45, 2.75) is 6.54 Å². The summed E-state index contributed by atoms with van der Waals surface area (Å²) in [6, 6.07) is 5.05. The van der Waals surface area contributed by atoms with Gasteiger partial charge < -0.3 is 14.8 Å². The van der Waals surface area contributed by atoms with Gasteiger partial charge in [-0.15, -0.1) is 11.3 Å². The monoisotopic (exact) mass is 274 g/mol. The molecule has 2 N–H and O–H groups in total. The Bertz CT molecular complexity index is 747. The average molecular weight is 274 g/mol. The lowest BCUT2D eigenvalue weighted by molar-refractivity contribution is 0.0702. The highest BCUT2D eigenvalue weighted by Crippen LogP contribution is 2.33. The molecule has 0 bridgehead atoms. The molecular weight excluding hydrogens is 264 g/mol. The molecule has 2 aromatic heterocycles. The number of rotatable bonds is 3. The van der Waals surface area contributed by atoms with E-state index in [1.54, 1.807) is 18.6 Å². The van der Waals surface area contributed by atoms with Crippen LogP contribution in [0.3, 0.4) is 0 Å². The Kier molecular flexibility index (Phi) is 2.72. The summed E-state index contributed by atoms with van der Waals surface area (Å²) >= 11 is 1.16. The Morgan fingerprint density at radius 3 is 2.89 bits per heavy atom. The van der Waals surface area contributed by atoms with E-state index in [9.17, 15) is 9.90 Å². The molecular formula is C13H10N2O3S. The number of aromatic hydroxyl groups is 1. The van der Waals surface area contributed by atoms with E-state index in [0.717, 1.165) is 21.6 Å². The fourth-order valence-electron chi connectivity index (χ4n) is 1.96. The van der Waals surface area contributed by atoms with Gasteiger partial charge in [-0.25, -0.2) is 9.78 Å². The Balaban J connectivity index is 2.05. The lowest BCUT2D eigenvalue weighted by Crippen LogP contribution is -1.95. The van der Waals surface area contributed by atoms with Crippen LogP contribution in [0, 0.1) is 0 Å². The normalized spacial score (nSPS) is 10.9. The lowest BCUT2D eigenvalue weighted by Gasteiger charge is -2.04. The minimum absolute atomic E-state index is 0.108. The number of phenols is 1. The summed E-state index contributed by atoms with van der Waals surface area (Å²) in [4.78, 5) is 15.1. The van der Waals surface area contributed by atoms with Crippen molar-refractivity contribution in [1.82, 2.24) is 9.55 Å². The molecule has 0 saturated heterocycles. The molecule has 3 rings (SSSR count). The highest BCUT2D eigenvalue weighted by atomic mass is 32.1. The number of hydrogen-bond donors (Lipinski definition) is 2. The second kappa shape index (κ2) is 4.40. The fourth-order valence-corrected chi connectivity index (χ4v) is 2.95. The molecule has 0 atom stereocenters.